The number of carbonyl (C=O) groups is 1. The molecule has 2 heterocycles. The molecule has 1 aliphatic rings. The third-order valence-electron chi connectivity index (χ3n) is 4.32. The lowest BCUT2D eigenvalue weighted by Gasteiger charge is -2.33. The summed E-state index contributed by atoms with van der Waals surface area (Å²) in [5, 5.41) is 9.98. The molecule has 1 aliphatic heterocycles. The number of ether oxygens (including phenoxy) is 1. The van der Waals surface area contributed by atoms with Crippen molar-refractivity contribution in [2.45, 2.75) is 45.7 Å². The van der Waals surface area contributed by atoms with Crippen molar-refractivity contribution in [1.29, 1.82) is 0 Å². The molecule has 7 nitrogen and oxygen atoms in total. The van der Waals surface area contributed by atoms with Gasteiger partial charge in [-0.05, 0) is 40.2 Å². The highest BCUT2D eigenvalue weighted by Crippen LogP contribution is 2.20. The molecule has 7 heteroatoms. The molecule has 2 rings (SSSR count). The second-order valence-corrected chi connectivity index (χ2v) is 6.21. The topological polar surface area (TPSA) is 79.6 Å². The zero-order valence-corrected chi connectivity index (χ0v) is 14.5. The van der Waals surface area contributed by atoms with Gasteiger partial charge < -0.3 is 19.9 Å². The molecule has 130 valence electrons. The van der Waals surface area contributed by atoms with Crippen LogP contribution in [-0.4, -0.2) is 55.5 Å². The van der Waals surface area contributed by atoms with Gasteiger partial charge in [-0.2, -0.15) is 0 Å². The van der Waals surface area contributed by atoms with E-state index in [0.29, 0.717) is 0 Å². The summed E-state index contributed by atoms with van der Waals surface area (Å²) in [5.41, 5.74) is 1.77. The van der Waals surface area contributed by atoms with Gasteiger partial charge in [-0.1, -0.05) is 5.16 Å². The summed E-state index contributed by atoms with van der Waals surface area (Å²) in [6, 6.07) is -0.0944. The van der Waals surface area contributed by atoms with Gasteiger partial charge in [0.15, 0.2) is 0 Å². The number of methoxy groups -OCH3 is 1. The average molecular weight is 324 g/mol. The van der Waals surface area contributed by atoms with Gasteiger partial charge in [-0.25, -0.2) is 4.79 Å². The molecular formula is C16H28N4O3. The van der Waals surface area contributed by atoms with E-state index in [9.17, 15) is 4.79 Å². The lowest BCUT2D eigenvalue weighted by atomic mass is 10.1. The molecule has 0 bridgehead atoms. The Morgan fingerprint density at radius 2 is 2.30 bits per heavy atom. The predicted molar refractivity (Wildman–Crippen MR) is 87.4 cm³/mol. The van der Waals surface area contributed by atoms with Crippen LogP contribution in [0.2, 0.25) is 0 Å². The molecule has 23 heavy (non-hydrogen) atoms. The molecule has 0 saturated carbocycles. The third kappa shape index (κ3) is 4.94. The van der Waals surface area contributed by atoms with Gasteiger partial charge in [0.05, 0.1) is 18.3 Å². The molecule has 0 unspecified atom stereocenters. The molecule has 1 saturated heterocycles. The number of amides is 2. The molecule has 1 aromatic rings. The van der Waals surface area contributed by atoms with Crippen LogP contribution in [0.25, 0.3) is 0 Å². The quantitative estimate of drug-likeness (QED) is 0.833. The lowest BCUT2D eigenvalue weighted by Crippen LogP contribution is -2.51. The Labute approximate surface area is 137 Å². The van der Waals surface area contributed by atoms with Crippen LogP contribution in [0.4, 0.5) is 4.79 Å². The Morgan fingerprint density at radius 3 is 2.96 bits per heavy atom. The first-order valence-corrected chi connectivity index (χ1v) is 8.22. The van der Waals surface area contributed by atoms with E-state index >= 15 is 0 Å². The van der Waals surface area contributed by atoms with Crippen LogP contribution in [0.5, 0.6) is 0 Å². The summed E-state index contributed by atoms with van der Waals surface area (Å²) < 4.78 is 10.3. The summed E-state index contributed by atoms with van der Waals surface area (Å²) in [7, 11) is 1.71. The van der Waals surface area contributed by atoms with Crippen LogP contribution in [0.3, 0.4) is 0 Å². The van der Waals surface area contributed by atoms with Crippen molar-refractivity contribution in [3.05, 3.63) is 17.0 Å². The predicted octanol–water partition coefficient (Wildman–Crippen LogP) is 1.76. The highest BCUT2D eigenvalue weighted by Gasteiger charge is 2.23. The largest absolute Gasteiger partial charge is 0.383 e. The molecule has 0 spiro atoms. The fourth-order valence-corrected chi connectivity index (χ4v) is 3.20. The lowest BCUT2D eigenvalue weighted by molar-refractivity contribution is 0.123. The first-order valence-electron chi connectivity index (χ1n) is 8.22. The minimum Gasteiger partial charge on any atom is -0.383 e. The van der Waals surface area contributed by atoms with Crippen LogP contribution in [0.15, 0.2) is 4.52 Å². The van der Waals surface area contributed by atoms with Gasteiger partial charge in [0.2, 0.25) is 0 Å². The van der Waals surface area contributed by atoms with E-state index in [1.165, 1.54) is 0 Å². The van der Waals surface area contributed by atoms with Gasteiger partial charge in [0.1, 0.15) is 5.76 Å². The number of hydrogen-bond acceptors (Lipinski definition) is 5. The highest BCUT2D eigenvalue weighted by atomic mass is 16.5. The Kier molecular flexibility index (Phi) is 6.41. The number of likely N-dealkylation sites (tertiary alicyclic amines) is 1. The van der Waals surface area contributed by atoms with Crippen LogP contribution < -0.4 is 10.6 Å². The van der Waals surface area contributed by atoms with Crippen LogP contribution in [0.1, 0.15) is 42.8 Å². The van der Waals surface area contributed by atoms with Crippen molar-refractivity contribution in [2.24, 2.45) is 0 Å². The summed E-state index contributed by atoms with van der Waals surface area (Å²) >= 11 is 0. The van der Waals surface area contributed by atoms with Gasteiger partial charge in [-0.15, -0.1) is 0 Å². The van der Waals surface area contributed by atoms with E-state index in [1.807, 2.05) is 20.8 Å². The highest BCUT2D eigenvalue weighted by molar-refractivity contribution is 5.74. The van der Waals surface area contributed by atoms with Crippen molar-refractivity contribution in [3.8, 4) is 0 Å². The average Bonchev–Trinajstić information content (AvgIpc) is 2.84. The molecule has 2 amide bonds. The summed E-state index contributed by atoms with van der Waals surface area (Å²) in [6.45, 7) is 9.26. The Morgan fingerprint density at radius 1 is 1.52 bits per heavy atom. The van der Waals surface area contributed by atoms with E-state index in [-0.39, 0.29) is 18.1 Å². The fourth-order valence-electron chi connectivity index (χ4n) is 3.20. The number of carbonyl (C=O) groups excluding carboxylic acids is 1. The number of urea groups is 1. The first-order chi connectivity index (χ1) is 11.0. The molecule has 0 aliphatic carbocycles. The van der Waals surface area contributed by atoms with Crippen molar-refractivity contribution in [3.63, 3.8) is 0 Å². The smallest absolute Gasteiger partial charge is 0.315 e. The minimum atomic E-state index is -0.143. The molecule has 2 N–H and O–H groups in total. The molecule has 1 fully saturated rings. The van der Waals surface area contributed by atoms with E-state index in [0.717, 1.165) is 56.1 Å². The fraction of sp³-hybridized carbons (Fsp3) is 0.750. The van der Waals surface area contributed by atoms with Crippen LogP contribution in [-0.2, 0) is 4.74 Å². The number of nitrogens with zero attached hydrogens (tertiary/aromatic N) is 2. The maximum atomic E-state index is 12.2. The van der Waals surface area contributed by atoms with Crippen molar-refractivity contribution in [1.82, 2.24) is 20.7 Å². The van der Waals surface area contributed by atoms with Crippen molar-refractivity contribution < 1.29 is 14.1 Å². The van der Waals surface area contributed by atoms with Gasteiger partial charge in [0.25, 0.3) is 0 Å². The van der Waals surface area contributed by atoms with Crippen molar-refractivity contribution in [2.75, 3.05) is 33.4 Å². The number of hydrogen-bond donors (Lipinski definition) is 2. The van der Waals surface area contributed by atoms with Crippen LogP contribution in [0, 0.1) is 13.8 Å². The van der Waals surface area contributed by atoms with Gasteiger partial charge in [0, 0.05) is 31.8 Å². The van der Waals surface area contributed by atoms with E-state index in [4.69, 9.17) is 9.26 Å². The zero-order chi connectivity index (χ0) is 16.8. The molecule has 0 radical (unpaired) electrons. The normalized spacial score (nSPS) is 20.3. The minimum absolute atomic E-state index is 0.130. The van der Waals surface area contributed by atoms with E-state index < -0.39 is 0 Å². The molecule has 1 aromatic heterocycles. The maximum Gasteiger partial charge on any atom is 0.315 e. The molecule has 0 aromatic carbocycles. The number of aryl methyl sites for hydroxylation is 2. The van der Waals surface area contributed by atoms with Gasteiger partial charge in [-0.3, -0.25) is 4.90 Å². The second kappa shape index (κ2) is 8.31. The summed E-state index contributed by atoms with van der Waals surface area (Å²) in [5.74, 6) is 0.749. The Bertz CT molecular complexity index is 498. The maximum absolute atomic E-state index is 12.2. The Balaban J connectivity index is 1.82. The summed E-state index contributed by atoms with van der Waals surface area (Å²) in [6.07, 6.45) is 2.10. The second-order valence-electron chi connectivity index (χ2n) is 6.21. The van der Waals surface area contributed by atoms with Crippen LogP contribution >= 0.6 is 0 Å². The molecular weight excluding hydrogens is 296 g/mol. The Hall–Kier alpha value is -1.60. The third-order valence-corrected chi connectivity index (χ3v) is 4.32. The first kappa shape index (κ1) is 17.7. The number of rotatable bonds is 6. The monoisotopic (exact) mass is 324 g/mol. The molecule has 2 atom stereocenters. The summed E-state index contributed by atoms with van der Waals surface area (Å²) in [4.78, 5) is 14.6. The van der Waals surface area contributed by atoms with E-state index in [1.54, 1.807) is 7.11 Å². The van der Waals surface area contributed by atoms with Gasteiger partial charge >= 0.3 is 6.03 Å². The number of nitrogens with one attached hydrogen (secondary N) is 2. The standard InChI is InChI=1S/C16H28N4O3/c1-11(15-12(2)19-23-13(15)3)17-16(21)18-14-6-5-7-20(10-14)8-9-22-4/h11,14H,5-10H2,1-4H3,(H2,17,18,21)/t11-,14+/m0/s1. The van der Waals surface area contributed by atoms with E-state index in [2.05, 4.69) is 20.7 Å². The number of aromatic nitrogens is 1. The zero-order valence-electron chi connectivity index (χ0n) is 14.5. The SMILES string of the molecule is COCCN1CCC[C@@H](NC(=O)N[C@@H](C)c2c(C)noc2C)C1. The van der Waals surface area contributed by atoms with Crippen molar-refractivity contribution >= 4 is 6.03 Å². The number of piperidine rings is 1.